The lowest BCUT2D eigenvalue weighted by molar-refractivity contribution is 0.518. The highest BCUT2D eigenvalue weighted by Gasteiger charge is 2.12. The number of hydrogen-bond donors (Lipinski definition) is 1. The third-order valence-corrected chi connectivity index (χ3v) is 6.56. The van der Waals surface area contributed by atoms with Gasteiger partial charge in [0.05, 0.1) is 0 Å². The molecular formula is C28H53NO. The standard InChI is InChI=1S/C28H51N.H2O/c1-4-7-8-9-10-11-12-13-14-15-16-17-18-19-20-24-28(29)27-23-21-22-25(5-2)26(27)6-3;/h21-23,28H,4-20,24,29H2,1-3H3;1H2. The zero-order valence-corrected chi connectivity index (χ0v) is 20.6. The highest BCUT2D eigenvalue weighted by molar-refractivity contribution is 5.37. The minimum absolute atomic E-state index is 0. The molecule has 0 aliphatic heterocycles. The molecule has 0 spiro atoms. The van der Waals surface area contributed by atoms with Crippen LogP contribution in [0.15, 0.2) is 18.2 Å². The molecule has 2 heteroatoms. The van der Waals surface area contributed by atoms with Gasteiger partial charge in [0.2, 0.25) is 0 Å². The van der Waals surface area contributed by atoms with Crippen molar-refractivity contribution in [3.05, 3.63) is 34.9 Å². The molecule has 0 saturated heterocycles. The van der Waals surface area contributed by atoms with Gasteiger partial charge in [-0.15, -0.1) is 0 Å². The second-order valence-corrected chi connectivity index (χ2v) is 9.04. The third kappa shape index (κ3) is 12.7. The first-order valence-electron chi connectivity index (χ1n) is 13.1. The van der Waals surface area contributed by atoms with Crippen molar-refractivity contribution >= 4 is 0 Å². The quantitative estimate of drug-likeness (QED) is 0.225. The maximum atomic E-state index is 6.55. The number of aryl methyl sites for hydroxylation is 1. The Kier molecular flexibility index (Phi) is 19.5. The van der Waals surface area contributed by atoms with Gasteiger partial charge in [0.1, 0.15) is 0 Å². The van der Waals surface area contributed by atoms with E-state index in [-0.39, 0.29) is 11.5 Å². The first kappa shape index (κ1) is 29.1. The number of benzene rings is 1. The second kappa shape index (κ2) is 20.1. The zero-order chi connectivity index (χ0) is 21.2. The third-order valence-electron chi connectivity index (χ3n) is 6.56. The Balaban J connectivity index is 0.00000841. The summed E-state index contributed by atoms with van der Waals surface area (Å²) in [7, 11) is 0. The van der Waals surface area contributed by atoms with Crippen molar-refractivity contribution in [3.63, 3.8) is 0 Å². The van der Waals surface area contributed by atoms with Gasteiger partial charge in [0, 0.05) is 6.04 Å². The van der Waals surface area contributed by atoms with Gasteiger partial charge in [-0.1, -0.05) is 135 Å². The molecule has 0 amide bonds. The van der Waals surface area contributed by atoms with Gasteiger partial charge in [0.15, 0.2) is 0 Å². The fourth-order valence-electron chi connectivity index (χ4n) is 4.66. The van der Waals surface area contributed by atoms with Gasteiger partial charge >= 0.3 is 0 Å². The van der Waals surface area contributed by atoms with Gasteiger partial charge in [-0.25, -0.2) is 0 Å². The van der Waals surface area contributed by atoms with Gasteiger partial charge in [0.25, 0.3) is 0 Å². The molecule has 0 aromatic heterocycles. The van der Waals surface area contributed by atoms with E-state index in [9.17, 15) is 0 Å². The lowest BCUT2D eigenvalue weighted by Crippen LogP contribution is -2.13. The summed E-state index contributed by atoms with van der Waals surface area (Å²) in [6.07, 6.45) is 24.7. The average molecular weight is 420 g/mol. The molecule has 0 heterocycles. The van der Waals surface area contributed by atoms with Crippen LogP contribution in [-0.2, 0) is 12.8 Å². The van der Waals surface area contributed by atoms with E-state index in [1.807, 2.05) is 0 Å². The fourth-order valence-corrected chi connectivity index (χ4v) is 4.66. The average Bonchev–Trinajstić information content (AvgIpc) is 2.75. The SMILES string of the molecule is CCCCCCCCCCCCCCCCCC(N)c1cccc(CC)c1CC.O. The van der Waals surface area contributed by atoms with Crippen molar-refractivity contribution in [1.29, 1.82) is 0 Å². The smallest absolute Gasteiger partial charge is 0.0297 e. The van der Waals surface area contributed by atoms with Crippen LogP contribution in [0.3, 0.4) is 0 Å². The van der Waals surface area contributed by atoms with Crippen molar-refractivity contribution < 1.29 is 5.48 Å². The first-order chi connectivity index (χ1) is 14.2. The van der Waals surface area contributed by atoms with Gasteiger partial charge in [-0.2, -0.15) is 0 Å². The number of hydrogen-bond acceptors (Lipinski definition) is 1. The molecule has 0 fully saturated rings. The van der Waals surface area contributed by atoms with E-state index in [1.165, 1.54) is 113 Å². The molecule has 1 aromatic carbocycles. The maximum absolute atomic E-state index is 6.55. The monoisotopic (exact) mass is 419 g/mol. The van der Waals surface area contributed by atoms with Crippen LogP contribution in [0.4, 0.5) is 0 Å². The predicted molar refractivity (Wildman–Crippen MR) is 135 cm³/mol. The van der Waals surface area contributed by atoms with Crippen LogP contribution < -0.4 is 5.73 Å². The molecule has 1 atom stereocenters. The van der Waals surface area contributed by atoms with E-state index in [0.29, 0.717) is 0 Å². The summed E-state index contributed by atoms with van der Waals surface area (Å²) in [6, 6.07) is 6.94. The molecule has 0 radical (unpaired) electrons. The Hall–Kier alpha value is -0.860. The van der Waals surface area contributed by atoms with Crippen LogP contribution >= 0.6 is 0 Å². The Labute approximate surface area is 188 Å². The Bertz CT molecular complexity index is 499. The summed E-state index contributed by atoms with van der Waals surface area (Å²) in [6.45, 7) is 6.81. The van der Waals surface area contributed by atoms with Gasteiger partial charge in [-0.05, 0) is 36.0 Å². The van der Waals surface area contributed by atoms with Crippen LogP contribution in [0.2, 0.25) is 0 Å². The first-order valence-corrected chi connectivity index (χ1v) is 13.1. The van der Waals surface area contributed by atoms with Crippen LogP contribution in [-0.4, -0.2) is 5.48 Å². The summed E-state index contributed by atoms with van der Waals surface area (Å²) >= 11 is 0. The summed E-state index contributed by atoms with van der Waals surface area (Å²) in [5.74, 6) is 0. The van der Waals surface area contributed by atoms with Crippen molar-refractivity contribution in [3.8, 4) is 0 Å². The molecule has 30 heavy (non-hydrogen) atoms. The van der Waals surface area contributed by atoms with Crippen molar-refractivity contribution in [1.82, 2.24) is 0 Å². The minimum atomic E-state index is 0. The van der Waals surface area contributed by atoms with Crippen molar-refractivity contribution in [2.75, 3.05) is 0 Å². The lowest BCUT2D eigenvalue weighted by atomic mass is 9.91. The Morgan fingerprint density at radius 2 is 1.10 bits per heavy atom. The lowest BCUT2D eigenvalue weighted by Gasteiger charge is -2.18. The molecule has 0 aliphatic carbocycles. The van der Waals surface area contributed by atoms with Crippen LogP contribution in [0, 0.1) is 0 Å². The molecule has 1 unspecified atom stereocenters. The number of rotatable bonds is 19. The molecule has 4 N–H and O–H groups in total. The zero-order valence-electron chi connectivity index (χ0n) is 20.6. The van der Waals surface area contributed by atoms with Crippen molar-refractivity contribution in [2.45, 2.75) is 142 Å². The molecule has 1 rings (SSSR count). The van der Waals surface area contributed by atoms with Crippen LogP contribution in [0.5, 0.6) is 0 Å². The summed E-state index contributed by atoms with van der Waals surface area (Å²) in [4.78, 5) is 0. The predicted octanol–water partition coefficient (Wildman–Crippen LogP) is 8.25. The summed E-state index contributed by atoms with van der Waals surface area (Å²) in [5, 5.41) is 0. The van der Waals surface area contributed by atoms with E-state index < -0.39 is 0 Å². The number of nitrogens with two attached hydrogens (primary N) is 1. The van der Waals surface area contributed by atoms with Gasteiger partial charge < -0.3 is 11.2 Å². The topological polar surface area (TPSA) is 57.5 Å². The van der Waals surface area contributed by atoms with E-state index in [4.69, 9.17) is 5.73 Å². The highest BCUT2D eigenvalue weighted by Crippen LogP contribution is 2.25. The molecule has 176 valence electrons. The Morgan fingerprint density at radius 3 is 1.53 bits per heavy atom. The van der Waals surface area contributed by atoms with E-state index in [2.05, 4.69) is 39.0 Å². The normalized spacial score (nSPS) is 12.0. The van der Waals surface area contributed by atoms with E-state index in [1.54, 1.807) is 0 Å². The van der Waals surface area contributed by atoms with E-state index in [0.717, 1.165) is 19.3 Å². The highest BCUT2D eigenvalue weighted by atomic mass is 16.0. The summed E-state index contributed by atoms with van der Waals surface area (Å²) < 4.78 is 0. The second-order valence-electron chi connectivity index (χ2n) is 9.04. The molecule has 0 aliphatic rings. The van der Waals surface area contributed by atoms with Gasteiger partial charge in [-0.3, -0.25) is 0 Å². The Morgan fingerprint density at radius 1 is 0.633 bits per heavy atom. The molecule has 0 saturated carbocycles. The molecule has 1 aromatic rings. The van der Waals surface area contributed by atoms with Crippen molar-refractivity contribution in [2.24, 2.45) is 5.73 Å². The number of unbranched alkanes of at least 4 members (excludes halogenated alkanes) is 14. The maximum Gasteiger partial charge on any atom is 0.0297 e. The fraction of sp³-hybridized carbons (Fsp3) is 0.786. The molecule has 2 nitrogen and oxygen atoms in total. The van der Waals surface area contributed by atoms with Crippen LogP contribution in [0.25, 0.3) is 0 Å². The van der Waals surface area contributed by atoms with Crippen LogP contribution in [0.1, 0.15) is 146 Å². The minimum Gasteiger partial charge on any atom is -0.412 e. The summed E-state index contributed by atoms with van der Waals surface area (Å²) in [5.41, 5.74) is 10.9. The van der Waals surface area contributed by atoms with E-state index >= 15 is 0 Å². The molecular weight excluding hydrogens is 366 g/mol. The molecule has 0 bridgehead atoms. The largest absolute Gasteiger partial charge is 0.412 e.